The fraction of sp³-hybridized carbons (Fsp3) is 0.304. The zero-order valence-corrected chi connectivity index (χ0v) is 17.6. The van der Waals surface area contributed by atoms with Crippen molar-refractivity contribution in [1.29, 1.82) is 0 Å². The van der Waals surface area contributed by atoms with E-state index in [1.165, 1.54) is 12.0 Å². The maximum absolute atomic E-state index is 13.3. The first-order valence-electron chi connectivity index (χ1n) is 9.71. The molecule has 0 saturated carbocycles. The minimum Gasteiger partial charge on any atom is -0.872 e. The molecular weight excluding hydrogens is 384 g/mol. The van der Waals surface area contributed by atoms with Crippen LogP contribution in [0.2, 0.25) is 0 Å². The van der Waals surface area contributed by atoms with Gasteiger partial charge in [-0.25, -0.2) is 0 Å². The lowest BCUT2D eigenvalue weighted by molar-refractivity contribution is -0.857. The standard InChI is InChI=1S/C23H26N2O5/c1-24(2)12-13-25-20(16-6-5-7-18(14-16)30-4)19(22(27)23(25)28)21(26)15-8-10-17(29-3)11-9-15/h5-11,14,20,26H,12-13H2,1-4H3. The predicted molar refractivity (Wildman–Crippen MR) is 110 cm³/mol. The molecule has 1 atom stereocenters. The number of carbonyl (C=O) groups excluding carboxylic acids is 2. The molecule has 1 heterocycles. The molecule has 30 heavy (non-hydrogen) atoms. The Morgan fingerprint density at radius 1 is 1.03 bits per heavy atom. The van der Waals surface area contributed by atoms with E-state index in [1.54, 1.807) is 55.6 Å². The van der Waals surface area contributed by atoms with Crippen LogP contribution in [0, 0.1) is 0 Å². The van der Waals surface area contributed by atoms with Gasteiger partial charge in [0.2, 0.25) is 5.78 Å². The number of carbonyl (C=O) groups is 2. The summed E-state index contributed by atoms with van der Waals surface area (Å²) < 4.78 is 10.4. The molecule has 2 aromatic rings. The van der Waals surface area contributed by atoms with Gasteiger partial charge >= 0.3 is 0 Å². The molecule has 0 spiro atoms. The van der Waals surface area contributed by atoms with Crippen molar-refractivity contribution < 1.29 is 29.1 Å². The quantitative estimate of drug-likeness (QED) is 0.397. The molecule has 1 amide bonds. The van der Waals surface area contributed by atoms with Gasteiger partial charge < -0.3 is 24.4 Å². The summed E-state index contributed by atoms with van der Waals surface area (Å²) in [4.78, 5) is 28.4. The Kier molecular flexibility index (Phi) is 6.42. The Morgan fingerprint density at radius 2 is 1.70 bits per heavy atom. The topological polar surface area (TPSA) is 83.3 Å². The number of amides is 1. The van der Waals surface area contributed by atoms with E-state index in [2.05, 4.69) is 0 Å². The normalized spacial score (nSPS) is 18.2. The van der Waals surface area contributed by atoms with Crippen LogP contribution in [0.25, 0.3) is 5.76 Å². The van der Waals surface area contributed by atoms with Gasteiger partial charge in [0, 0.05) is 5.57 Å². The van der Waals surface area contributed by atoms with Crippen molar-refractivity contribution in [3.8, 4) is 11.5 Å². The molecule has 0 radical (unpaired) electrons. The second kappa shape index (κ2) is 9.00. The fourth-order valence-corrected chi connectivity index (χ4v) is 3.50. The molecule has 1 saturated heterocycles. The lowest BCUT2D eigenvalue weighted by atomic mass is 9.95. The van der Waals surface area contributed by atoms with Gasteiger partial charge in [0.1, 0.15) is 11.5 Å². The molecular formula is C23H26N2O5. The monoisotopic (exact) mass is 410 g/mol. The summed E-state index contributed by atoms with van der Waals surface area (Å²) in [5.41, 5.74) is 0.964. The Morgan fingerprint density at radius 3 is 2.30 bits per heavy atom. The molecule has 1 aliphatic rings. The van der Waals surface area contributed by atoms with Crippen molar-refractivity contribution in [3.63, 3.8) is 0 Å². The fourth-order valence-electron chi connectivity index (χ4n) is 3.50. The molecule has 7 heteroatoms. The molecule has 158 valence electrons. The highest BCUT2D eigenvalue weighted by atomic mass is 16.5. The van der Waals surface area contributed by atoms with Gasteiger partial charge in [0.15, 0.2) is 0 Å². The first-order chi connectivity index (χ1) is 14.4. The minimum absolute atomic E-state index is 0.0350. The van der Waals surface area contributed by atoms with Gasteiger partial charge in [0.25, 0.3) is 5.91 Å². The van der Waals surface area contributed by atoms with E-state index < -0.39 is 23.5 Å². The van der Waals surface area contributed by atoms with Crippen molar-refractivity contribution in [3.05, 3.63) is 65.2 Å². The van der Waals surface area contributed by atoms with E-state index in [1.807, 2.05) is 14.1 Å². The van der Waals surface area contributed by atoms with Crippen LogP contribution in [0.1, 0.15) is 17.2 Å². The van der Waals surface area contributed by atoms with Crippen molar-refractivity contribution in [2.24, 2.45) is 0 Å². The number of hydrogen-bond donors (Lipinski definition) is 1. The van der Waals surface area contributed by atoms with Crippen molar-refractivity contribution in [2.75, 3.05) is 41.4 Å². The average Bonchev–Trinajstić information content (AvgIpc) is 3.02. The maximum Gasteiger partial charge on any atom is 0.295 e. The predicted octanol–water partition coefficient (Wildman–Crippen LogP) is 0.0723. The summed E-state index contributed by atoms with van der Waals surface area (Å²) in [6, 6.07) is 12.9. The Bertz CT molecular complexity index is 966. The highest BCUT2D eigenvalue weighted by molar-refractivity contribution is 6.46. The summed E-state index contributed by atoms with van der Waals surface area (Å²) >= 11 is 0. The van der Waals surface area contributed by atoms with Crippen LogP contribution in [0.4, 0.5) is 0 Å². The molecule has 1 aliphatic heterocycles. The highest BCUT2D eigenvalue weighted by Crippen LogP contribution is 2.39. The Hall–Kier alpha value is -3.32. The van der Waals surface area contributed by atoms with E-state index in [0.717, 1.165) is 4.90 Å². The molecule has 0 aliphatic carbocycles. The van der Waals surface area contributed by atoms with Gasteiger partial charge in [-0.3, -0.25) is 9.59 Å². The number of methoxy groups -OCH3 is 2. The second-order valence-corrected chi connectivity index (χ2v) is 7.44. The first kappa shape index (κ1) is 21.4. The molecule has 3 rings (SSSR count). The number of benzene rings is 2. The average molecular weight is 410 g/mol. The summed E-state index contributed by atoms with van der Waals surface area (Å²) in [6.07, 6.45) is 0. The van der Waals surface area contributed by atoms with E-state index in [0.29, 0.717) is 35.7 Å². The summed E-state index contributed by atoms with van der Waals surface area (Å²) in [6.45, 7) is 0.998. The lowest BCUT2D eigenvalue weighted by Crippen LogP contribution is -3.06. The maximum atomic E-state index is 13.3. The molecule has 1 N–H and O–H groups in total. The zero-order valence-electron chi connectivity index (χ0n) is 17.6. The first-order valence-corrected chi connectivity index (χ1v) is 9.71. The molecule has 2 aromatic carbocycles. The second-order valence-electron chi connectivity index (χ2n) is 7.44. The van der Waals surface area contributed by atoms with Gasteiger partial charge in [0.05, 0.1) is 47.4 Å². The number of hydrogen-bond acceptors (Lipinski definition) is 5. The zero-order chi connectivity index (χ0) is 21.8. The van der Waals surface area contributed by atoms with Crippen LogP contribution in [-0.2, 0) is 9.59 Å². The lowest BCUT2D eigenvalue weighted by Gasteiger charge is -2.28. The van der Waals surface area contributed by atoms with Crippen LogP contribution < -0.4 is 19.5 Å². The number of Topliss-reactive ketones (excluding diaryl/α,β-unsaturated/α-hetero) is 1. The number of rotatable bonds is 7. The number of ketones is 1. The largest absolute Gasteiger partial charge is 0.872 e. The molecule has 7 nitrogen and oxygen atoms in total. The van der Waals surface area contributed by atoms with Crippen LogP contribution in [0.5, 0.6) is 11.5 Å². The van der Waals surface area contributed by atoms with Gasteiger partial charge in [-0.2, -0.15) is 0 Å². The summed E-state index contributed by atoms with van der Waals surface area (Å²) in [5, 5.41) is 13.3. The van der Waals surface area contributed by atoms with E-state index >= 15 is 0 Å². The van der Waals surface area contributed by atoms with Crippen LogP contribution in [-0.4, -0.2) is 58.0 Å². The van der Waals surface area contributed by atoms with Crippen LogP contribution in [0.3, 0.4) is 0 Å². The van der Waals surface area contributed by atoms with Crippen molar-refractivity contribution >= 4 is 17.4 Å². The third kappa shape index (κ3) is 4.16. The number of likely N-dealkylation sites (tertiary alicyclic amines) is 1. The summed E-state index contributed by atoms with van der Waals surface area (Å²) in [5.74, 6) is -0.666. The Labute approximate surface area is 176 Å². The highest BCUT2D eigenvalue weighted by Gasteiger charge is 2.44. The van der Waals surface area contributed by atoms with E-state index in [-0.39, 0.29) is 5.57 Å². The van der Waals surface area contributed by atoms with Crippen molar-refractivity contribution in [1.82, 2.24) is 4.90 Å². The number of quaternary nitrogens is 1. The van der Waals surface area contributed by atoms with Gasteiger partial charge in [-0.15, -0.1) is 0 Å². The number of ether oxygens (including phenoxy) is 2. The third-order valence-corrected chi connectivity index (χ3v) is 5.14. The van der Waals surface area contributed by atoms with E-state index in [9.17, 15) is 14.7 Å². The SMILES string of the molecule is COc1ccc(C([O-])=C2C(=O)C(=O)N(CC[NH+](C)C)C2c2cccc(OC)c2)cc1. The number of likely N-dealkylation sites (N-methyl/N-ethyl adjacent to an activating group) is 1. The van der Waals surface area contributed by atoms with Crippen LogP contribution >= 0.6 is 0 Å². The molecule has 1 unspecified atom stereocenters. The minimum atomic E-state index is -0.756. The summed E-state index contributed by atoms with van der Waals surface area (Å²) in [7, 11) is 7.02. The molecule has 0 aromatic heterocycles. The number of nitrogens with zero attached hydrogens (tertiary/aromatic N) is 1. The van der Waals surface area contributed by atoms with Gasteiger partial charge in [-0.1, -0.05) is 30.0 Å². The number of nitrogens with one attached hydrogen (secondary N) is 1. The van der Waals surface area contributed by atoms with Crippen molar-refractivity contribution in [2.45, 2.75) is 6.04 Å². The van der Waals surface area contributed by atoms with E-state index in [4.69, 9.17) is 9.47 Å². The van der Waals surface area contributed by atoms with Crippen LogP contribution in [0.15, 0.2) is 54.1 Å². The Balaban J connectivity index is 2.13. The molecule has 1 fully saturated rings. The third-order valence-electron chi connectivity index (χ3n) is 5.14. The van der Waals surface area contributed by atoms with Gasteiger partial charge in [-0.05, 0) is 35.4 Å². The smallest absolute Gasteiger partial charge is 0.295 e. The molecule has 0 bridgehead atoms.